The van der Waals surface area contributed by atoms with Crippen molar-refractivity contribution in [1.82, 2.24) is 19.7 Å². The first-order valence-corrected chi connectivity index (χ1v) is 11.4. The molecule has 37 heavy (non-hydrogen) atoms. The molecule has 1 amide bonds. The number of hydrogen-bond acceptors (Lipinski definition) is 3. The van der Waals surface area contributed by atoms with Crippen LogP contribution in [0, 0.1) is 12.7 Å². The number of halogens is 5. The molecule has 1 radical (unpaired) electrons. The zero-order valence-corrected chi connectivity index (χ0v) is 19.9. The van der Waals surface area contributed by atoms with E-state index in [2.05, 4.69) is 17.3 Å². The Hall–Kier alpha value is -3.92. The molecule has 0 aliphatic rings. The molecular formula is C26H20ClF4N4O2. The van der Waals surface area contributed by atoms with Gasteiger partial charge in [0.25, 0.3) is 0 Å². The van der Waals surface area contributed by atoms with Gasteiger partial charge in [-0.2, -0.15) is 13.2 Å². The maximum absolute atomic E-state index is 14.3. The number of aromatic nitrogens is 3. The molecule has 4 aromatic rings. The number of hydrogen-bond donors (Lipinski definition) is 1. The fraction of sp³-hybridized carbons (Fsp3) is 0.154. The van der Waals surface area contributed by atoms with Crippen LogP contribution in [0.15, 0.2) is 77.6 Å². The van der Waals surface area contributed by atoms with E-state index in [4.69, 9.17) is 11.6 Å². The van der Waals surface area contributed by atoms with Crippen molar-refractivity contribution < 1.29 is 22.4 Å². The second kappa shape index (κ2) is 10.6. The summed E-state index contributed by atoms with van der Waals surface area (Å²) in [6, 6.07) is 15.8. The first kappa shape index (κ1) is 26.2. The molecule has 0 aliphatic heterocycles. The average molecular weight is 532 g/mol. The fourth-order valence-electron chi connectivity index (χ4n) is 3.81. The first-order valence-electron chi connectivity index (χ1n) is 11.0. The zero-order chi connectivity index (χ0) is 26.7. The van der Waals surface area contributed by atoms with E-state index in [0.29, 0.717) is 10.6 Å². The average Bonchev–Trinajstić information content (AvgIpc) is 3.15. The molecule has 3 aromatic carbocycles. The number of nitrogens with one attached hydrogen (secondary N) is 1. The number of benzene rings is 3. The SMILES string of the molecule is [CH2]C(NC(=O)Cn1nc(-c2ccc(Cl)cc2)n(Cc2ccccc2F)c1=O)c1ccccc1C(F)(F)F. The van der Waals surface area contributed by atoms with Gasteiger partial charge < -0.3 is 5.32 Å². The monoisotopic (exact) mass is 531 g/mol. The van der Waals surface area contributed by atoms with Crippen LogP contribution in [0.1, 0.15) is 22.7 Å². The molecule has 0 bridgehead atoms. The Labute approximate surface area is 214 Å². The predicted molar refractivity (Wildman–Crippen MR) is 130 cm³/mol. The number of carbonyl (C=O) groups is 1. The van der Waals surface area contributed by atoms with Gasteiger partial charge in [0.15, 0.2) is 5.82 Å². The van der Waals surface area contributed by atoms with Crippen molar-refractivity contribution in [2.24, 2.45) is 0 Å². The number of carbonyl (C=O) groups excluding carboxylic acids is 1. The van der Waals surface area contributed by atoms with E-state index < -0.39 is 41.7 Å². The Kier molecular flexibility index (Phi) is 7.49. The van der Waals surface area contributed by atoms with E-state index in [1.807, 2.05) is 0 Å². The van der Waals surface area contributed by atoms with Crippen LogP contribution in [0.2, 0.25) is 5.02 Å². The number of amides is 1. The van der Waals surface area contributed by atoms with Crippen LogP contribution < -0.4 is 11.0 Å². The van der Waals surface area contributed by atoms with E-state index in [9.17, 15) is 27.2 Å². The van der Waals surface area contributed by atoms with E-state index in [-0.39, 0.29) is 23.5 Å². The summed E-state index contributed by atoms with van der Waals surface area (Å²) in [7, 11) is 0. The maximum Gasteiger partial charge on any atom is 0.416 e. The molecule has 11 heteroatoms. The summed E-state index contributed by atoms with van der Waals surface area (Å²) >= 11 is 5.96. The quantitative estimate of drug-likeness (QED) is 0.331. The molecule has 0 spiro atoms. The highest BCUT2D eigenvalue weighted by atomic mass is 35.5. The molecule has 4 rings (SSSR count). The normalized spacial score (nSPS) is 12.4. The molecule has 0 fully saturated rings. The molecule has 1 unspecified atom stereocenters. The van der Waals surface area contributed by atoms with Gasteiger partial charge in [-0.15, -0.1) is 5.10 Å². The molecule has 6 nitrogen and oxygen atoms in total. The maximum atomic E-state index is 14.3. The largest absolute Gasteiger partial charge is 0.416 e. The van der Waals surface area contributed by atoms with E-state index in [1.165, 1.54) is 41.0 Å². The summed E-state index contributed by atoms with van der Waals surface area (Å²) in [6.45, 7) is 2.87. The topological polar surface area (TPSA) is 68.9 Å². The van der Waals surface area contributed by atoms with Gasteiger partial charge in [0.1, 0.15) is 12.4 Å². The third-order valence-electron chi connectivity index (χ3n) is 5.58. The minimum absolute atomic E-state index is 0.159. The van der Waals surface area contributed by atoms with Gasteiger partial charge in [0, 0.05) is 16.1 Å². The molecule has 191 valence electrons. The van der Waals surface area contributed by atoms with Gasteiger partial charge in [0.2, 0.25) is 5.91 Å². The van der Waals surface area contributed by atoms with Gasteiger partial charge in [-0.1, -0.05) is 48.0 Å². The van der Waals surface area contributed by atoms with E-state index in [0.717, 1.165) is 10.7 Å². The zero-order valence-electron chi connectivity index (χ0n) is 19.2. The highest BCUT2D eigenvalue weighted by Crippen LogP contribution is 2.34. The molecule has 1 aromatic heterocycles. The summed E-state index contributed by atoms with van der Waals surface area (Å²) < 4.78 is 56.4. The van der Waals surface area contributed by atoms with Gasteiger partial charge in [-0.25, -0.2) is 13.9 Å². The minimum Gasteiger partial charge on any atom is -0.348 e. The summed E-state index contributed by atoms with van der Waals surface area (Å²) in [4.78, 5) is 25.9. The Balaban J connectivity index is 1.63. The Morgan fingerprint density at radius 1 is 1.03 bits per heavy atom. The molecule has 0 aliphatic carbocycles. The third-order valence-corrected chi connectivity index (χ3v) is 5.83. The summed E-state index contributed by atoms with van der Waals surface area (Å²) in [6.07, 6.45) is -4.63. The van der Waals surface area contributed by atoms with Crippen LogP contribution in [0.4, 0.5) is 17.6 Å². The van der Waals surface area contributed by atoms with Crippen molar-refractivity contribution in [3.05, 3.63) is 118 Å². The van der Waals surface area contributed by atoms with Crippen molar-refractivity contribution in [2.45, 2.75) is 25.3 Å². The Bertz CT molecular complexity index is 1480. The lowest BCUT2D eigenvalue weighted by atomic mass is 10.0. The van der Waals surface area contributed by atoms with Crippen molar-refractivity contribution in [2.75, 3.05) is 0 Å². The summed E-state index contributed by atoms with van der Waals surface area (Å²) in [5, 5.41) is 7.09. The lowest BCUT2D eigenvalue weighted by molar-refractivity contribution is -0.138. The van der Waals surface area contributed by atoms with Crippen LogP contribution in [-0.4, -0.2) is 20.3 Å². The van der Waals surface area contributed by atoms with Crippen LogP contribution in [0.3, 0.4) is 0 Å². The highest BCUT2D eigenvalue weighted by Gasteiger charge is 2.34. The minimum atomic E-state index is -4.63. The standard InChI is InChI=1S/C26H20ClF4N4O2/c1-16(20-7-3-4-8-21(20)26(29,30)31)32-23(36)15-35-25(37)34(14-18-6-2-5-9-22(18)28)24(33-35)17-10-12-19(27)13-11-17/h2-13,16H,1,14-15H2,(H,32,36). The lowest BCUT2D eigenvalue weighted by Gasteiger charge is -2.19. The number of rotatable bonds is 7. The van der Waals surface area contributed by atoms with Crippen molar-refractivity contribution in [3.8, 4) is 11.4 Å². The van der Waals surface area contributed by atoms with Crippen LogP contribution >= 0.6 is 11.6 Å². The molecular weight excluding hydrogens is 512 g/mol. The Morgan fingerprint density at radius 3 is 2.35 bits per heavy atom. The van der Waals surface area contributed by atoms with Gasteiger partial charge in [-0.05, 0) is 48.9 Å². The molecule has 1 N–H and O–H groups in total. The summed E-state index contributed by atoms with van der Waals surface area (Å²) in [5.74, 6) is -1.14. The van der Waals surface area contributed by atoms with Crippen molar-refractivity contribution in [1.29, 1.82) is 0 Å². The highest BCUT2D eigenvalue weighted by molar-refractivity contribution is 6.30. The second-order valence-electron chi connectivity index (χ2n) is 8.15. The van der Waals surface area contributed by atoms with Gasteiger partial charge in [0.05, 0.1) is 18.2 Å². The molecule has 0 saturated carbocycles. The van der Waals surface area contributed by atoms with E-state index in [1.54, 1.807) is 30.3 Å². The molecule has 1 heterocycles. The van der Waals surface area contributed by atoms with Gasteiger partial charge >= 0.3 is 11.9 Å². The van der Waals surface area contributed by atoms with Crippen LogP contribution in [-0.2, 0) is 24.1 Å². The number of alkyl halides is 3. The van der Waals surface area contributed by atoms with Crippen LogP contribution in [0.25, 0.3) is 11.4 Å². The first-order chi connectivity index (χ1) is 17.5. The lowest BCUT2D eigenvalue weighted by Crippen LogP contribution is -2.35. The van der Waals surface area contributed by atoms with Crippen LogP contribution in [0.5, 0.6) is 0 Å². The molecule has 0 saturated heterocycles. The number of nitrogens with zero attached hydrogens (tertiary/aromatic N) is 3. The smallest absolute Gasteiger partial charge is 0.348 e. The third kappa shape index (κ3) is 5.91. The second-order valence-corrected chi connectivity index (χ2v) is 8.59. The fourth-order valence-corrected chi connectivity index (χ4v) is 3.93. The van der Waals surface area contributed by atoms with Gasteiger partial charge in [-0.3, -0.25) is 9.36 Å². The van der Waals surface area contributed by atoms with Crippen molar-refractivity contribution in [3.63, 3.8) is 0 Å². The summed E-state index contributed by atoms with van der Waals surface area (Å²) in [5.41, 5.74) is -1.13. The van der Waals surface area contributed by atoms with Crippen molar-refractivity contribution >= 4 is 17.5 Å². The Morgan fingerprint density at radius 2 is 1.68 bits per heavy atom. The predicted octanol–water partition coefficient (Wildman–Crippen LogP) is 5.26. The van der Waals surface area contributed by atoms with E-state index >= 15 is 0 Å². The molecule has 1 atom stereocenters.